The van der Waals surface area contributed by atoms with E-state index in [1.807, 2.05) is 13.8 Å². The SMILES string of the molecule is CC.COc1nc(-c2cnn3ccncc23)ncc1Cl. The molecule has 0 aliphatic rings. The zero-order valence-corrected chi connectivity index (χ0v) is 12.2. The molecule has 0 fully saturated rings. The summed E-state index contributed by atoms with van der Waals surface area (Å²) < 4.78 is 6.77. The third-order valence-electron chi connectivity index (χ3n) is 2.47. The van der Waals surface area contributed by atoms with E-state index in [4.69, 9.17) is 16.3 Å². The average molecular weight is 292 g/mol. The number of fused-ring (bicyclic) bond motifs is 1. The Kier molecular flexibility index (Phi) is 4.47. The van der Waals surface area contributed by atoms with E-state index in [0.29, 0.717) is 16.7 Å². The lowest BCUT2D eigenvalue weighted by atomic mass is 10.3. The highest BCUT2D eigenvalue weighted by atomic mass is 35.5. The molecular formula is C13H14ClN5O. The molecule has 0 saturated heterocycles. The monoisotopic (exact) mass is 291 g/mol. The van der Waals surface area contributed by atoms with Gasteiger partial charge < -0.3 is 4.74 Å². The van der Waals surface area contributed by atoms with Gasteiger partial charge in [-0.2, -0.15) is 10.1 Å². The zero-order chi connectivity index (χ0) is 14.5. The van der Waals surface area contributed by atoms with Crippen LogP contribution in [-0.4, -0.2) is 31.7 Å². The molecule has 0 amide bonds. The molecule has 0 aliphatic carbocycles. The molecule has 104 valence electrons. The van der Waals surface area contributed by atoms with Crippen molar-refractivity contribution in [3.05, 3.63) is 36.0 Å². The van der Waals surface area contributed by atoms with Gasteiger partial charge in [0, 0.05) is 12.4 Å². The molecule has 3 heterocycles. The third-order valence-corrected chi connectivity index (χ3v) is 2.73. The number of hydrogen-bond acceptors (Lipinski definition) is 5. The lowest BCUT2D eigenvalue weighted by molar-refractivity contribution is 0.397. The summed E-state index contributed by atoms with van der Waals surface area (Å²) in [5.41, 5.74) is 1.60. The summed E-state index contributed by atoms with van der Waals surface area (Å²) in [7, 11) is 1.51. The van der Waals surface area contributed by atoms with Gasteiger partial charge in [0.25, 0.3) is 0 Å². The first kappa shape index (κ1) is 14.2. The van der Waals surface area contributed by atoms with Gasteiger partial charge in [-0.05, 0) is 0 Å². The summed E-state index contributed by atoms with van der Waals surface area (Å²) in [5, 5.41) is 4.57. The Morgan fingerprint density at radius 3 is 2.75 bits per heavy atom. The number of hydrogen-bond donors (Lipinski definition) is 0. The summed E-state index contributed by atoms with van der Waals surface area (Å²) in [6.07, 6.45) is 8.30. The normalized spacial score (nSPS) is 10.0. The van der Waals surface area contributed by atoms with Crippen molar-refractivity contribution in [3.63, 3.8) is 0 Å². The molecule has 0 unspecified atom stereocenters. The van der Waals surface area contributed by atoms with Crippen LogP contribution in [0.3, 0.4) is 0 Å². The molecule has 3 aromatic heterocycles. The standard InChI is InChI=1S/C11H8ClN5O.C2H6/c1-18-11-8(12)5-14-10(16-11)7-4-15-17-3-2-13-6-9(7)17;1-2/h2-6H,1H3;1-2H3. The van der Waals surface area contributed by atoms with Gasteiger partial charge in [0.15, 0.2) is 5.82 Å². The molecular weight excluding hydrogens is 278 g/mol. The van der Waals surface area contributed by atoms with Crippen LogP contribution in [0.5, 0.6) is 5.88 Å². The molecule has 0 aliphatic heterocycles. The number of rotatable bonds is 2. The zero-order valence-electron chi connectivity index (χ0n) is 11.4. The Bertz CT molecular complexity index is 713. The maximum absolute atomic E-state index is 5.89. The van der Waals surface area contributed by atoms with Crippen molar-refractivity contribution in [3.8, 4) is 17.3 Å². The first-order valence-electron chi connectivity index (χ1n) is 6.14. The Hall–Kier alpha value is -2.21. The van der Waals surface area contributed by atoms with Crippen LogP contribution in [0.25, 0.3) is 16.9 Å². The van der Waals surface area contributed by atoms with Gasteiger partial charge in [0.05, 0.1) is 36.8 Å². The van der Waals surface area contributed by atoms with E-state index in [1.54, 1.807) is 29.3 Å². The van der Waals surface area contributed by atoms with Gasteiger partial charge >= 0.3 is 0 Å². The molecule has 0 aromatic carbocycles. The van der Waals surface area contributed by atoms with E-state index in [-0.39, 0.29) is 0 Å². The van der Waals surface area contributed by atoms with Crippen LogP contribution in [0, 0.1) is 0 Å². The minimum absolute atomic E-state index is 0.338. The molecule has 0 saturated carbocycles. The summed E-state index contributed by atoms with van der Waals surface area (Å²) in [5.74, 6) is 0.837. The first-order chi connectivity index (χ1) is 9.79. The summed E-state index contributed by atoms with van der Waals surface area (Å²) in [6.45, 7) is 4.00. The topological polar surface area (TPSA) is 65.2 Å². The highest BCUT2D eigenvalue weighted by Gasteiger charge is 2.12. The highest BCUT2D eigenvalue weighted by Crippen LogP contribution is 2.26. The van der Waals surface area contributed by atoms with Crippen molar-refractivity contribution in [1.82, 2.24) is 24.6 Å². The van der Waals surface area contributed by atoms with Gasteiger partial charge in [0.2, 0.25) is 5.88 Å². The fourth-order valence-corrected chi connectivity index (χ4v) is 1.80. The van der Waals surface area contributed by atoms with Crippen LogP contribution >= 0.6 is 11.6 Å². The number of methoxy groups -OCH3 is 1. The average Bonchev–Trinajstić information content (AvgIpc) is 2.94. The maximum atomic E-state index is 5.89. The van der Waals surface area contributed by atoms with Crippen LogP contribution in [0.1, 0.15) is 13.8 Å². The minimum Gasteiger partial charge on any atom is -0.480 e. The number of halogens is 1. The van der Waals surface area contributed by atoms with Gasteiger partial charge in [-0.1, -0.05) is 25.4 Å². The third kappa shape index (κ3) is 2.55. The molecule has 6 nitrogen and oxygen atoms in total. The second kappa shape index (κ2) is 6.29. The Balaban J connectivity index is 0.000000704. The van der Waals surface area contributed by atoms with Crippen LogP contribution in [0.15, 0.2) is 31.0 Å². The fraction of sp³-hybridized carbons (Fsp3) is 0.231. The quantitative estimate of drug-likeness (QED) is 0.726. The number of nitrogens with zero attached hydrogens (tertiary/aromatic N) is 5. The van der Waals surface area contributed by atoms with E-state index in [0.717, 1.165) is 11.1 Å². The Morgan fingerprint density at radius 1 is 1.20 bits per heavy atom. The molecule has 0 spiro atoms. The van der Waals surface area contributed by atoms with Crippen molar-refractivity contribution in [2.75, 3.05) is 7.11 Å². The highest BCUT2D eigenvalue weighted by molar-refractivity contribution is 6.31. The van der Waals surface area contributed by atoms with E-state index in [9.17, 15) is 0 Å². The molecule has 3 rings (SSSR count). The van der Waals surface area contributed by atoms with E-state index < -0.39 is 0 Å². The van der Waals surface area contributed by atoms with E-state index >= 15 is 0 Å². The smallest absolute Gasteiger partial charge is 0.235 e. The van der Waals surface area contributed by atoms with Crippen LogP contribution in [0.2, 0.25) is 5.02 Å². The predicted molar refractivity (Wildman–Crippen MR) is 76.9 cm³/mol. The summed E-state index contributed by atoms with van der Waals surface area (Å²) >= 11 is 5.89. The van der Waals surface area contributed by atoms with Crippen molar-refractivity contribution in [2.45, 2.75) is 13.8 Å². The van der Waals surface area contributed by atoms with Crippen molar-refractivity contribution in [1.29, 1.82) is 0 Å². The summed E-state index contributed by atoms with van der Waals surface area (Å²) in [4.78, 5) is 12.5. The molecule has 20 heavy (non-hydrogen) atoms. The molecule has 0 atom stereocenters. The largest absolute Gasteiger partial charge is 0.480 e. The van der Waals surface area contributed by atoms with Crippen LogP contribution < -0.4 is 4.74 Å². The van der Waals surface area contributed by atoms with E-state index in [1.165, 1.54) is 13.3 Å². The van der Waals surface area contributed by atoms with Gasteiger partial charge in [-0.15, -0.1) is 0 Å². The van der Waals surface area contributed by atoms with Crippen molar-refractivity contribution >= 4 is 17.1 Å². The van der Waals surface area contributed by atoms with Gasteiger partial charge in [0.1, 0.15) is 5.02 Å². The second-order valence-corrected chi connectivity index (χ2v) is 3.92. The molecule has 0 N–H and O–H groups in total. The second-order valence-electron chi connectivity index (χ2n) is 3.52. The van der Waals surface area contributed by atoms with Crippen LogP contribution in [0.4, 0.5) is 0 Å². The van der Waals surface area contributed by atoms with Gasteiger partial charge in [-0.3, -0.25) is 4.98 Å². The van der Waals surface area contributed by atoms with Crippen LogP contribution in [-0.2, 0) is 0 Å². The molecule has 3 aromatic rings. The summed E-state index contributed by atoms with van der Waals surface area (Å²) in [6, 6.07) is 0. The molecule has 0 radical (unpaired) electrons. The molecule has 7 heteroatoms. The van der Waals surface area contributed by atoms with Crippen molar-refractivity contribution in [2.24, 2.45) is 0 Å². The maximum Gasteiger partial charge on any atom is 0.235 e. The Labute approximate surface area is 121 Å². The lowest BCUT2D eigenvalue weighted by Gasteiger charge is -2.03. The molecule has 0 bridgehead atoms. The number of ether oxygens (including phenoxy) is 1. The van der Waals surface area contributed by atoms with E-state index in [2.05, 4.69) is 20.1 Å². The fourth-order valence-electron chi connectivity index (χ4n) is 1.63. The number of aromatic nitrogens is 5. The minimum atomic E-state index is 0.338. The first-order valence-corrected chi connectivity index (χ1v) is 6.51. The predicted octanol–water partition coefficient (Wildman–Crippen LogP) is 2.87. The van der Waals surface area contributed by atoms with Crippen molar-refractivity contribution < 1.29 is 4.74 Å². The van der Waals surface area contributed by atoms with Gasteiger partial charge in [-0.25, -0.2) is 9.50 Å². The Morgan fingerprint density at radius 2 is 2.00 bits per heavy atom. The lowest BCUT2D eigenvalue weighted by Crippen LogP contribution is -1.94.